The Hall–Kier alpha value is -3.64. The number of benzene rings is 1. The lowest BCUT2D eigenvalue weighted by molar-refractivity contribution is 0.0996. The van der Waals surface area contributed by atoms with Crippen LogP contribution in [0.4, 0.5) is 4.39 Å². The van der Waals surface area contributed by atoms with Gasteiger partial charge in [0.15, 0.2) is 0 Å². The lowest BCUT2D eigenvalue weighted by atomic mass is 9.96. The summed E-state index contributed by atoms with van der Waals surface area (Å²) in [6, 6.07) is 11.3. The van der Waals surface area contributed by atoms with Gasteiger partial charge in [0.05, 0.1) is 17.8 Å². The number of nitrogens with zero attached hydrogens (tertiary/aromatic N) is 2. The van der Waals surface area contributed by atoms with Crippen molar-refractivity contribution in [2.75, 3.05) is 0 Å². The third-order valence-electron chi connectivity index (χ3n) is 4.96. The highest BCUT2D eigenvalue weighted by molar-refractivity contribution is 6.00. The van der Waals surface area contributed by atoms with Crippen LogP contribution in [0.2, 0.25) is 0 Å². The second-order valence-electron chi connectivity index (χ2n) is 7.08. The van der Waals surface area contributed by atoms with E-state index < -0.39 is 5.91 Å². The minimum Gasteiger partial charge on any atom is -0.390 e. The van der Waals surface area contributed by atoms with Crippen molar-refractivity contribution in [3.63, 3.8) is 0 Å². The smallest absolute Gasteiger partial charge is 0.267 e. The van der Waals surface area contributed by atoms with Gasteiger partial charge < -0.3 is 10.8 Å². The number of allylic oxidation sites excluding steroid dienone is 6. The first kappa shape index (κ1) is 19.7. The van der Waals surface area contributed by atoms with Gasteiger partial charge in [-0.3, -0.25) is 9.78 Å². The van der Waals surface area contributed by atoms with Crippen molar-refractivity contribution >= 4 is 22.4 Å². The molecule has 0 spiro atoms. The van der Waals surface area contributed by atoms with E-state index in [-0.39, 0.29) is 18.1 Å². The number of pyridine rings is 2. The van der Waals surface area contributed by atoms with E-state index in [1.807, 2.05) is 36.4 Å². The number of amides is 1. The average molecular weight is 401 g/mol. The number of nitrogens with two attached hydrogens (primary N) is 1. The zero-order valence-corrected chi connectivity index (χ0v) is 16.2. The van der Waals surface area contributed by atoms with Crippen LogP contribution in [0.3, 0.4) is 0 Å². The third kappa shape index (κ3) is 4.18. The molecular weight excluding hydrogens is 381 g/mol. The van der Waals surface area contributed by atoms with E-state index in [0.717, 1.165) is 27.6 Å². The van der Waals surface area contributed by atoms with Gasteiger partial charge in [0.25, 0.3) is 5.91 Å². The number of rotatable bonds is 5. The van der Waals surface area contributed by atoms with Crippen LogP contribution in [0.15, 0.2) is 72.7 Å². The molecule has 4 rings (SSSR count). The Morgan fingerprint density at radius 2 is 1.93 bits per heavy atom. The number of halogens is 1. The van der Waals surface area contributed by atoms with Gasteiger partial charge >= 0.3 is 0 Å². The zero-order chi connectivity index (χ0) is 21.1. The third-order valence-corrected chi connectivity index (χ3v) is 4.96. The zero-order valence-electron chi connectivity index (χ0n) is 16.2. The molecule has 1 amide bonds. The molecule has 0 unspecified atom stereocenters. The highest BCUT2D eigenvalue weighted by Gasteiger charge is 2.13. The fourth-order valence-electron chi connectivity index (χ4n) is 3.51. The summed E-state index contributed by atoms with van der Waals surface area (Å²) < 4.78 is 13.6. The Morgan fingerprint density at radius 3 is 2.73 bits per heavy atom. The van der Waals surface area contributed by atoms with Gasteiger partial charge in [-0.25, -0.2) is 9.37 Å². The molecule has 2 aromatic heterocycles. The molecule has 6 heteroatoms. The van der Waals surface area contributed by atoms with E-state index in [1.54, 1.807) is 18.3 Å². The number of carbonyl (C=O) groups excluding carboxylic acids is 1. The summed E-state index contributed by atoms with van der Waals surface area (Å²) in [4.78, 5) is 20.4. The number of hydrogen-bond donors (Lipinski definition) is 2. The molecule has 30 heavy (non-hydrogen) atoms. The summed E-state index contributed by atoms with van der Waals surface area (Å²) in [5.41, 5.74) is 10.5. The summed E-state index contributed by atoms with van der Waals surface area (Å²) in [5.74, 6) is -0.913. The maximum atomic E-state index is 13.6. The van der Waals surface area contributed by atoms with Crippen molar-refractivity contribution in [1.29, 1.82) is 0 Å². The van der Waals surface area contributed by atoms with Gasteiger partial charge in [0, 0.05) is 11.6 Å². The molecule has 1 aliphatic carbocycles. The van der Waals surface area contributed by atoms with Gasteiger partial charge in [-0.1, -0.05) is 24.3 Å². The Kier molecular flexibility index (Phi) is 5.50. The normalized spacial score (nSPS) is 13.7. The van der Waals surface area contributed by atoms with E-state index in [9.17, 15) is 14.3 Å². The molecule has 150 valence electrons. The first-order valence-corrected chi connectivity index (χ1v) is 9.56. The van der Waals surface area contributed by atoms with Crippen LogP contribution in [0, 0.1) is 0 Å². The minimum absolute atomic E-state index is 0.115. The molecule has 0 radical (unpaired) electrons. The summed E-state index contributed by atoms with van der Waals surface area (Å²) in [6.45, 7) is -0.115. The van der Waals surface area contributed by atoms with E-state index in [4.69, 9.17) is 5.73 Å². The van der Waals surface area contributed by atoms with Gasteiger partial charge in [-0.15, -0.1) is 0 Å². The van der Waals surface area contributed by atoms with E-state index in [0.29, 0.717) is 24.1 Å². The largest absolute Gasteiger partial charge is 0.390 e. The number of hydrogen-bond acceptors (Lipinski definition) is 4. The Bertz CT molecular complexity index is 1230. The minimum atomic E-state index is -0.618. The van der Waals surface area contributed by atoms with Crippen LogP contribution >= 0.6 is 0 Å². The number of primary amides is 1. The summed E-state index contributed by atoms with van der Waals surface area (Å²) >= 11 is 0. The first-order chi connectivity index (χ1) is 14.5. The van der Waals surface area contributed by atoms with Gasteiger partial charge in [0.2, 0.25) is 0 Å². The number of fused-ring (bicyclic) bond motifs is 1. The van der Waals surface area contributed by atoms with E-state index >= 15 is 0 Å². The summed E-state index contributed by atoms with van der Waals surface area (Å²) in [5, 5.41) is 10.1. The molecule has 0 aliphatic heterocycles. The SMILES string of the molecule is NC(=O)c1cc(C2=CCC=C(F)C=C2)c2ccc(Cc3ccnc(CO)c3)cc2n1. The number of aliphatic hydroxyl groups is 1. The lowest BCUT2D eigenvalue weighted by Crippen LogP contribution is -2.13. The fourth-order valence-corrected chi connectivity index (χ4v) is 3.51. The topological polar surface area (TPSA) is 89.1 Å². The summed E-state index contributed by atoms with van der Waals surface area (Å²) in [6.07, 6.45) is 9.25. The van der Waals surface area contributed by atoms with Crippen molar-refractivity contribution in [3.05, 3.63) is 101 Å². The molecule has 2 heterocycles. The molecule has 0 fully saturated rings. The molecule has 5 nitrogen and oxygen atoms in total. The van der Waals surface area contributed by atoms with Crippen LogP contribution in [0.1, 0.15) is 39.3 Å². The quantitative estimate of drug-likeness (QED) is 0.676. The first-order valence-electron chi connectivity index (χ1n) is 9.56. The van der Waals surface area contributed by atoms with Crippen LogP contribution in [-0.2, 0) is 13.0 Å². The van der Waals surface area contributed by atoms with Crippen LogP contribution < -0.4 is 5.73 Å². The summed E-state index contributed by atoms with van der Waals surface area (Å²) in [7, 11) is 0. The Balaban J connectivity index is 1.79. The van der Waals surface area contributed by atoms with Crippen LogP contribution in [-0.4, -0.2) is 21.0 Å². The number of aliphatic hydroxyl groups excluding tert-OH is 1. The maximum absolute atomic E-state index is 13.6. The maximum Gasteiger partial charge on any atom is 0.267 e. The number of aromatic nitrogens is 2. The van der Waals surface area contributed by atoms with Crippen molar-refractivity contribution in [2.45, 2.75) is 19.4 Å². The van der Waals surface area contributed by atoms with E-state index in [2.05, 4.69) is 9.97 Å². The number of carbonyl (C=O) groups is 1. The van der Waals surface area contributed by atoms with Crippen molar-refractivity contribution in [1.82, 2.24) is 9.97 Å². The van der Waals surface area contributed by atoms with Crippen LogP contribution in [0.5, 0.6) is 0 Å². The van der Waals surface area contributed by atoms with E-state index in [1.165, 1.54) is 12.2 Å². The monoisotopic (exact) mass is 401 g/mol. The average Bonchev–Trinajstić information content (AvgIpc) is 2.97. The van der Waals surface area contributed by atoms with Crippen molar-refractivity contribution in [2.24, 2.45) is 5.73 Å². The molecule has 1 aliphatic rings. The Labute approximate surface area is 173 Å². The van der Waals surface area contributed by atoms with Crippen LogP contribution in [0.25, 0.3) is 16.5 Å². The highest BCUT2D eigenvalue weighted by Crippen LogP contribution is 2.29. The van der Waals surface area contributed by atoms with Gasteiger partial charge in [-0.2, -0.15) is 0 Å². The molecule has 3 aromatic rings. The van der Waals surface area contributed by atoms with Gasteiger partial charge in [0.1, 0.15) is 11.5 Å². The highest BCUT2D eigenvalue weighted by atomic mass is 19.1. The second kappa shape index (κ2) is 8.39. The van der Waals surface area contributed by atoms with Gasteiger partial charge in [-0.05, 0) is 71.5 Å². The molecule has 0 bridgehead atoms. The second-order valence-corrected chi connectivity index (χ2v) is 7.08. The molecule has 0 saturated heterocycles. The van der Waals surface area contributed by atoms with Crippen molar-refractivity contribution in [3.8, 4) is 0 Å². The molecule has 1 aromatic carbocycles. The lowest BCUT2D eigenvalue weighted by Gasteiger charge is -2.11. The molecule has 0 saturated carbocycles. The standard InChI is InChI=1S/C24H20FN3O2/c25-18-3-1-2-17(5-6-18)21-13-23(24(26)30)28-22-12-15(4-7-20(21)22)10-16-8-9-27-19(11-16)14-29/h2-9,11-13,29H,1,10,14H2,(H2,26,30). The molecule has 0 atom stereocenters. The van der Waals surface area contributed by atoms with Crippen molar-refractivity contribution < 1.29 is 14.3 Å². The predicted molar refractivity (Wildman–Crippen MR) is 114 cm³/mol. The molecule has 3 N–H and O–H groups in total. The molecular formula is C24H20FN3O2. The fraction of sp³-hybridized carbons (Fsp3) is 0.125. The Morgan fingerprint density at radius 1 is 1.10 bits per heavy atom. The predicted octanol–water partition coefficient (Wildman–Crippen LogP) is 4.01.